The summed E-state index contributed by atoms with van der Waals surface area (Å²) in [5.41, 5.74) is 3.62. The van der Waals surface area contributed by atoms with Gasteiger partial charge in [0.1, 0.15) is 0 Å². The monoisotopic (exact) mass is 287 g/mol. The molecular formula is C17H18ClNO. The molecule has 1 amide bonds. The molecule has 0 atom stereocenters. The molecular weight excluding hydrogens is 270 g/mol. The minimum Gasteiger partial charge on any atom is -0.322 e. The molecule has 0 saturated carbocycles. The first kappa shape index (κ1) is 14.6. The summed E-state index contributed by atoms with van der Waals surface area (Å²) in [5.74, 6) is 0.358. The molecule has 0 aromatic heterocycles. The van der Waals surface area contributed by atoms with Crippen LogP contribution in [0, 0.1) is 6.92 Å². The molecule has 0 aliphatic rings. The smallest absolute Gasteiger partial charge is 0.255 e. The first-order valence-electron chi connectivity index (χ1n) is 6.65. The molecule has 0 fully saturated rings. The SMILES string of the molecule is Cc1cc(Cl)ccc1NC(=O)c1ccc(C(C)C)cc1. The number of carbonyl (C=O) groups excluding carboxylic acids is 1. The predicted molar refractivity (Wildman–Crippen MR) is 84.7 cm³/mol. The highest BCUT2D eigenvalue weighted by atomic mass is 35.5. The number of halogens is 1. The van der Waals surface area contributed by atoms with Crippen molar-refractivity contribution < 1.29 is 4.79 Å². The fourth-order valence-electron chi connectivity index (χ4n) is 1.98. The molecule has 2 aromatic rings. The summed E-state index contributed by atoms with van der Waals surface area (Å²) in [6, 6.07) is 13.1. The Morgan fingerprint density at radius 1 is 1.10 bits per heavy atom. The predicted octanol–water partition coefficient (Wildman–Crippen LogP) is 5.02. The Labute approximate surface area is 124 Å². The van der Waals surface area contributed by atoms with E-state index in [0.717, 1.165) is 11.3 Å². The van der Waals surface area contributed by atoms with Crippen LogP contribution in [-0.4, -0.2) is 5.91 Å². The lowest BCUT2D eigenvalue weighted by atomic mass is 10.0. The van der Waals surface area contributed by atoms with E-state index in [1.807, 2.05) is 43.3 Å². The van der Waals surface area contributed by atoms with Crippen LogP contribution in [0.1, 0.15) is 41.3 Å². The average Bonchev–Trinajstić information content (AvgIpc) is 2.42. The van der Waals surface area contributed by atoms with E-state index in [0.29, 0.717) is 16.5 Å². The van der Waals surface area contributed by atoms with Crippen molar-refractivity contribution in [3.63, 3.8) is 0 Å². The van der Waals surface area contributed by atoms with Crippen molar-refractivity contribution in [1.82, 2.24) is 0 Å². The van der Waals surface area contributed by atoms with Gasteiger partial charge >= 0.3 is 0 Å². The number of hydrogen-bond acceptors (Lipinski definition) is 1. The number of aryl methyl sites for hydroxylation is 1. The molecule has 0 saturated heterocycles. The van der Waals surface area contributed by atoms with Crippen LogP contribution < -0.4 is 5.32 Å². The quantitative estimate of drug-likeness (QED) is 0.843. The second-order valence-corrected chi connectivity index (χ2v) is 5.63. The van der Waals surface area contributed by atoms with Crippen molar-refractivity contribution in [1.29, 1.82) is 0 Å². The fourth-order valence-corrected chi connectivity index (χ4v) is 2.21. The van der Waals surface area contributed by atoms with Gasteiger partial charge in [-0.25, -0.2) is 0 Å². The van der Waals surface area contributed by atoms with Crippen LogP contribution in [0.15, 0.2) is 42.5 Å². The van der Waals surface area contributed by atoms with Gasteiger partial charge in [0.05, 0.1) is 0 Å². The molecule has 0 bridgehead atoms. The molecule has 2 rings (SSSR count). The third-order valence-corrected chi connectivity index (χ3v) is 3.51. The van der Waals surface area contributed by atoms with Gasteiger partial charge in [-0.15, -0.1) is 0 Å². The molecule has 0 aliphatic heterocycles. The van der Waals surface area contributed by atoms with E-state index < -0.39 is 0 Å². The number of amides is 1. The molecule has 1 N–H and O–H groups in total. The van der Waals surface area contributed by atoms with Crippen LogP contribution in [0.3, 0.4) is 0 Å². The summed E-state index contributed by atoms with van der Waals surface area (Å²) in [6.45, 7) is 6.18. The average molecular weight is 288 g/mol. The van der Waals surface area contributed by atoms with Crippen molar-refractivity contribution in [2.24, 2.45) is 0 Å². The number of hydrogen-bond donors (Lipinski definition) is 1. The van der Waals surface area contributed by atoms with Crippen molar-refractivity contribution in [3.8, 4) is 0 Å². The number of nitrogens with one attached hydrogen (secondary N) is 1. The number of benzene rings is 2. The van der Waals surface area contributed by atoms with Crippen LogP contribution >= 0.6 is 11.6 Å². The Kier molecular flexibility index (Phi) is 4.46. The molecule has 0 unspecified atom stereocenters. The van der Waals surface area contributed by atoms with Crippen LogP contribution in [0.4, 0.5) is 5.69 Å². The van der Waals surface area contributed by atoms with Crippen LogP contribution in [0.25, 0.3) is 0 Å². The maximum Gasteiger partial charge on any atom is 0.255 e. The van der Waals surface area contributed by atoms with Crippen LogP contribution in [0.5, 0.6) is 0 Å². The minimum atomic E-state index is -0.106. The lowest BCUT2D eigenvalue weighted by Crippen LogP contribution is -2.12. The normalized spacial score (nSPS) is 10.7. The second-order valence-electron chi connectivity index (χ2n) is 5.19. The van der Waals surface area contributed by atoms with Gasteiger partial charge in [0.15, 0.2) is 0 Å². The summed E-state index contributed by atoms with van der Waals surface area (Å²) < 4.78 is 0. The third kappa shape index (κ3) is 3.40. The maximum absolute atomic E-state index is 12.2. The van der Waals surface area contributed by atoms with E-state index in [9.17, 15) is 4.79 Å². The number of rotatable bonds is 3. The highest BCUT2D eigenvalue weighted by molar-refractivity contribution is 6.30. The lowest BCUT2D eigenvalue weighted by molar-refractivity contribution is 0.102. The van der Waals surface area contributed by atoms with Gasteiger partial charge in [-0.3, -0.25) is 4.79 Å². The van der Waals surface area contributed by atoms with Crippen molar-refractivity contribution in [3.05, 3.63) is 64.2 Å². The van der Waals surface area contributed by atoms with Gasteiger partial charge in [0.2, 0.25) is 0 Å². The van der Waals surface area contributed by atoms with Crippen molar-refractivity contribution in [2.75, 3.05) is 5.32 Å². The molecule has 0 radical (unpaired) electrons. The Hall–Kier alpha value is -1.80. The fraction of sp³-hybridized carbons (Fsp3) is 0.235. The Bertz CT molecular complexity index is 617. The summed E-state index contributed by atoms with van der Waals surface area (Å²) in [7, 11) is 0. The summed E-state index contributed by atoms with van der Waals surface area (Å²) in [6.07, 6.45) is 0. The topological polar surface area (TPSA) is 29.1 Å². The largest absolute Gasteiger partial charge is 0.322 e. The summed E-state index contributed by atoms with van der Waals surface area (Å²) in [4.78, 5) is 12.2. The van der Waals surface area contributed by atoms with Crippen LogP contribution in [0.2, 0.25) is 5.02 Å². The highest BCUT2D eigenvalue weighted by Gasteiger charge is 2.08. The molecule has 0 aliphatic carbocycles. The van der Waals surface area contributed by atoms with Crippen LogP contribution in [-0.2, 0) is 0 Å². The molecule has 3 heteroatoms. The zero-order valence-corrected chi connectivity index (χ0v) is 12.7. The van der Waals surface area contributed by atoms with Gasteiger partial charge < -0.3 is 5.32 Å². The van der Waals surface area contributed by atoms with Crippen molar-refractivity contribution >= 4 is 23.2 Å². The Balaban J connectivity index is 2.15. The molecule has 20 heavy (non-hydrogen) atoms. The van der Waals surface area contributed by atoms with Gasteiger partial charge in [-0.05, 0) is 54.3 Å². The second kappa shape index (κ2) is 6.10. The Morgan fingerprint density at radius 3 is 2.30 bits per heavy atom. The molecule has 2 aromatic carbocycles. The molecule has 104 valence electrons. The first-order chi connectivity index (χ1) is 9.47. The molecule has 0 heterocycles. The van der Waals surface area contributed by atoms with E-state index in [1.54, 1.807) is 6.07 Å². The molecule has 2 nitrogen and oxygen atoms in total. The zero-order chi connectivity index (χ0) is 14.7. The van der Waals surface area contributed by atoms with Gasteiger partial charge in [-0.1, -0.05) is 37.6 Å². The first-order valence-corrected chi connectivity index (χ1v) is 7.02. The standard InChI is InChI=1S/C17H18ClNO/c1-11(2)13-4-6-14(7-5-13)17(20)19-16-9-8-15(18)10-12(16)3/h4-11H,1-3H3,(H,19,20). The van der Waals surface area contributed by atoms with Gasteiger partial charge in [0.25, 0.3) is 5.91 Å². The summed E-state index contributed by atoms with van der Waals surface area (Å²) in [5, 5.41) is 3.57. The minimum absolute atomic E-state index is 0.106. The number of carbonyl (C=O) groups is 1. The van der Waals surface area contributed by atoms with Gasteiger partial charge in [-0.2, -0.15) is 0 Å². The molecule has 0 spiro atoms. The van der Waals surface area contributed by atoms with E-state index in [1.165, 1.54) is 5.56 Å². The third-order valence-electron chi connectivity index (χ3n) is 3.28. The van der Waals surface area contributed by atoms with E-state index >= 15 is 0 Å². The van der Waals surface area contributed by atoms with Gasteiger partial charge in [0, 0.05) is 16.3 Å². The van der Waals surface area contributed by atoms with E-state index in [4.69, 9.17) is 11.6 Å². The lowest BCUT2D eigenvalue weighted by Gasteiger charge is -2.10. The summed E-state index contributed by atoms with van der Waals surface area (Å²) >= 11 is 5.90. The Morgan fingerprint density at radius 2 is 1.75 bits per heavy atom. The van der Waals surface area contributed by atoms with Crippen molar-refractivity contribution in [2.45, 2.75) is 26.7 Å². The maximum atomic E-state index is 12.2. The number of anilines is 1. The van der Waals surface area contributed by atoms with E-state index in [2.05, 4.69) is 19.2 Å². The van der Waals surface area contributed by atoms with E-state index in [-0.39, 0.29) is 5.91 Å². The zero-order valence-electron chi connectivity index (χ0n) is 11.9. The highest BCUT2D eigenvalue weighted by Crippen LogP contribution is 2.21.